The monoisotopic (exact) mass is 237 g/mol. The standard InChI is InChI=1S/C16H15NO/c1-18-15-6-3-12(4-7-15)10-13-2-5-14-8-9-17-16(14)11-13/h2-9,11,17H,10H2,1H3. The zero-order valence-corrected chi connectivity index (χ0v) is 10.3. The molecule has 0 aliphatic rings. The molecular formula is C16H15NO. The van der Waals surface area contributed by atoms with Gasteiger partial charge in [-0.05, 0) is 47.2 Å². The van der Waals surface area contributed by atoms with Gasteiger partial charge in [0.15, 0.2) is 0 Å². The predicted octanol–water partition coefficient (Wildman–Crippen LogP) is 3.77. The molecule has 2 heteroatoms. The van der Waals surface area contributed by atoms with Gasteiger partial charge in [0.2, 0.25) is 0 Å². The first-order valence-corrected chi connectivity index (χ1v) is 6.04. The minimum Gasteiger partial charge on any atom is -0.497 e. The first kappa shape index (κ1) is 10.9. The number of methoxy groups -OCH3 is 1. The van der Waals surface area contributed by atoms with Crippen LogP contribution >= 0.6 is 0 Å². The van der Waals surface area contributed by atoms with Gasteiger partial charge >= 0.3 is 0 Å². The fraction of sp³-hybridized carbons (Fsp3) is 0.125. The number of hydrogen-bond donors (Lipinski definition) is 1. The van der Waals surface area contributed by atoms with Crippen LogP contribution in [0.4, 0.5) is 0 Å². The Morgan fingerprint density at radius 1 is 0.944 bits per heavy atom. The van der Waals surface area contributed by atoms with E-state index >= 15 is 0 Å². The van der Waals surface area contributed by atoms with E-state index in [4.69, 9.17) is 4.74 Å². The second-order valence-electron chi connectivity index (χ2n) is 4.42. The molecule has 0 unspecified atom stereocenters. The van der Waals surface area contributed by atoms with Crippen molar-refractivity contribution in [3.05, 3.63) is 65.9 Å². The third-order valence-corrected chi connectivity index (χ3v) is 3.19. The Kier molecular flexibility index (Phi) is 2.77. The first-order valence-electron chi connectivity index (χ1n) is 6.04. The lowest BCUT2D eigenvalue weighted by Crippen LogP contribution is -1.89. The van der Waals surface area contributed by atoms with Crippen LogP contribution < -0.4 is 4.74 Å². The van der Waals surface area contributed by atoms with Gasteiger partial charge in [-0.25, -0.2) is 0 Å². The van der Waals surface area contributed by atoms with Crippen molar-refractivity contribution in [2.45, 2.75) is 6.42 Å². The van der Waals surface area contributed by atoms with Gasteiger partial charge in [0.1, 0.15) is 5.75 Å². The Morgan fingerprint density at radius 2 is 1.72 bits per heavy atom. The van der Waals surface area contributed by atoms with Crippen molar-refractivity contribution >= 4 is 10.9 Å². The molecule has 18 heavy (non-hydrogen) atoms. The number of aromatic nitrogens is 1. The van der Waals surface area contributed by atoms with Crippen molar-refractivity contribution in [2.24, 2.45) is 0 Å². The van der Waals surface area contributed by atoms with Gasteiger partial charge in [0, 0.05) is 11.7 Å². The highest BCUT2D eigenvalue weighted by Gasteiger charge is 2.00. The van der Waals surface area contributed by atoms with Gasteiger partial charge in [-0.1, -0.05) is 24.3 Å². The molecule has 0 saturated carbocycles. The van der Waals surface area contributed by atoms with Crippen LogP contribution in [0.25, 0.3) is 10.9 Å². The van der Waals surface area contributed by atoms with Crippen LogP contribution in [0.15, 0.2) is 54.7 Å². The number of rotatable bonds is 3. The van der Waals surface area contributed by atoms with Gasteiger partial charge in [0.25, 0.3) is 0 Å². The highest BCUT2D eigenvalue weighted by atomic mass is 16.5. The summed E-state index contributed by atoms with van der Waals surface area (Å²) in [5.74, 6) is 0.901. The lowest BCUT2D eigenvalue weighted by atomic mass is 10.0. The maximum Gasteiger partial charge on any atom is 0.118 e. The molecule has 0 saturated heterocycles. The average molecular weight is 237 g/mol. The van der Waals surface area contributed by atoms with Crippen LogP contribution in [-0.2, 0) is 6.42 Å². The fourth-order valence-corrected chi connectivity index (χ4v) is 2.18. The third kappa shape index (κ3) is 2.09. The fourth-order valence-electron chi connectivity index (χ4n) is 2.18. The molecule has 0 spiro atoms. The Labute approximate surface area is 106 Å². The van der Waals surface area contributed by atoms with E-state index in [9.17, 15) is 0 Å². The minimum atomic E-state index is 0.901. The van der Waals surface area contributed by atoms with E-state index in [0.717, 1.165) is 12.2 Å². The molecule has 0 aliphatic heterocycles. The van der Waals surface area contributed by atoms with Gasteiger partial charge < -0.3 is 9.72 Å². The number of H-pyrrole nitrogens is 1. The number of hydrogen-bond acceptors (Lipinski definition) is 1. The summed E-state index contributed by atoms with van der Waals surface area (Å²) in [6.07, 6.45) is 2.92. The van der Waals surface area contributed by atoms with E-state index in [1.165, 1.54) is 22.0 Å². The molecule has 3 aromatic rings. The molecule has 1 aromatic heterocycles. The van der Waals surface area contributed by atoms with E-state index in [1.807, 2.05) is 18.3 Å². The van der Waals surface area contributed by atoms with Crippen LogP contribution in [0.3, 0.4) is 0 Å². The Hall–Kier alpha value is -2.22. The zero-order valence-electron chi connectivity index (χ0n) is 10.3. The molecule has 0 radical (unpaired) electrons. The molecule has 0 aliphatic carbocycles. The largest absolute Gasteiger partial charge is 0.497 e. The van der Waals surface area contributed by atoms with Crippen LogP contribution in [0.5, 0.6) is 5.75 Å². The SMILES string of the molecule is COc1ccc(Cc2ccc3cc[nH]c3c2)cc1. The van der Waals surface area contributed by atoms with E-state index in [-0.39, 0.29) is 0 Å². The van der Waals surface area contributed by atoms with E-state index in [1.54, 1.807) is 7.11 Å². The number of ether oxygens (including phenoxy) is 1. The molecular weight excluding hydrogens is 222 g/mol. The molecule has 3 rings (SSSR count). The van der Waals surface area contributed by atoms with Crippen molar-refractivity contribution in [1.29, 1.82) is 0 Å². The van der Waals surface area contributed by atoms with Crippen molar-refractivity contribution in [2.75, 3.05) is 7.11 Å². The number of benzene rings is 2. The first-order chi connectivity index (χ1) is 8.85. The van der Waals surface area contributed by atoms with Gasteiger partial charge in [-0.2, -0.15) is 0 Å². The molecule has 1 heterocycles. The summed E-state index contributed by atoms with van der Waals surface area (Å²) in [7, 11) is 1.69. The topological polar surface area (TPSA) is 25.0 Å². The third-order valence-electron chi connectivity index (χ3n) is 3.19. The minimum absolute atomic E-state index is 0.901. The summed E-state index contributed by atoms with van der Waals surface area (Å²) in [5, 5.41) is 1.26. The molecule has 0 fully saturated rings. The van der Waals surface area contributed by atoms with Gasteiger partial charge in [0.05, 0.1) is 7.11 Å². The Bertz CT molecular complexity index is 652. The van der Waals surface area contributed by atoms with Crippen LogP contribution in [0, 0.1) is 0 Å². The second-order valence-corrected chi connectivity index (χ2v) is 4.42. The number of fused-ring (bicyclic) bond motifs is 1. The average Bonchev–Trinajstić information content (AvgIpc) is 2.87. The lowest BCUT2D eigenvalue weighted by molar-refractivity contribution is 0.414. The number of aromatic amines is 1. The summed E-state index contributed by atoms with van der Waals surface area (Å²) < 4.78 is 5.16. The summed E-state index contributed by atoms with van der Waals surface area (Å²) in [5.41, 5.74) is 3.80. The maximum absolute atomic E-state index is 5.16. The zero-order chi connectivity index (χ0) is 12.4. The normalized spacial score (nSPS) is 10.7. The summed E-state index contributed by atoms with van der Waals surface area (Å²) in [6.45, 7) is 0. The van der Waals surface area contributed by atoms with Crippen molar-refractivity contribution in [3.63, 3.8) is 0 Å². The predicted molar refractivity (Wildman–Crippen MR) is 74.1 cm³/mol. The van der Waals surface area contributed by atoms with E-state index < -0.39 is 0 Å². The highest BCUT2D eigenvalue weighted by molar-refractivity contribution is 5.79. The van der Waals surface area contributed by atoms with Gasteiger partial charge in [-0.15, -0.1) is 0 Å². The summed E-state index contributed by atoms with van der Waals surface area (Å²) in [6, 6.07) is 16.9. The second kappa shape index (κ2) is 4.57. The molecule has 0 bridgehead atoms. The van der Waals surface area contributed by atoms with Crippen LogP contribution in [-0.4, -0.2) is 12.1 Å². The Morgan fingerprint density at radius 3 is 2.50 bits per heavy atom. The molecule has 0 atom stereocenters. The van der Waals surface area contributed by atoms with Crippen LogP contribution in [0.2, 0.25) is 0 Å². The van der Waals surface area contributed by atoms with Crippen LogP contribution in [0.1, 0.15) is 11.1 Å². The summed E-state index contributed by atoms with van der Waals surface area (Å²) in [4.78, 5) is 3.24. The van der Waals surface area contributed by atoms with Crippen molar-refractivity contribution in [1.82, 2.24) is 4.98 Å². The highest BCUT2D eigenvalue weighted by Crippen LogP contribution is 2.18. The number of nitrogens with one attached hydrogen (secondary N) is 1. The van der Waals surface area contributed by atoms with Gasteiger partial charge in [-0.3, -0.25) is 0 Å². The van der Waals surface area contributed by atoms with E-state index in [0.29, 0.717) is 0 Å². The van der Waals surface area contributed by atoms with Crippen molar-refractivity contribution in [3.8, 4) is 5.75 Å². The molecule has 0 amide bonds. The maximum atomic E-state index is 5.16. The van der Waals surface area contributed by atoms with Crippen molar-refractivity contribution < 1.29 is 4.74 Å². The quantitative estimate of drug-likeness (QED) is 0.737. The molecule has 90 valence electrons. The lowest BCUT2D eigenvalue weighted by Gasteiger charge is -2.04. The Balaban J connectivity index is 1.85. The smallest absolute Gasteiger partial charge is 0.118 e. The molecule has 1 N–H and O–H groups in total. The van der Waals surface area contributed by atoms with E-state index in [2.05, 4.69) is 41.4 Å². The molecule has 2 aromatic carbocycles. The molecule has 2 nitrogen and oxygen atoms in total. The summed E-state index contributed by atoms with van der Waals surface area (Å²) >= 11 is 0.